The monoisotopic (exact) mass is 457 g/mol. The van der Waals surface area contributed by atoms with Crippen LogP contribution in [0.1, 0.15) is 28.0 Å². The molecule has 4 bridgehead atoms. The minimum absolute atomic E-state index is 0.104. The number of aryl methyl sites for hydroxylation is 1. The maximum absolute atomic E-state index is 9.89. The zero-order valence-corrected chi connectivity index (χ0v) is 18.8. The molecule has 0 N–H and O–H groups in total. The van der Waals surface area contributed by atoms with Gasteiger partial charge in [0.15, 0.2) is 0 Å². The first-order valence-corrected chi connectivity index (χ1v) is 11.9. The Bertz CT molecular complexity index is 1080. The van der Waals surface area contributed by atoms with Gasteiger partial charge in [-0.15, -0.1) is 11.3 Å². The highest BCUT2D eigenvalue weighted by Gasteiger charge is 2.52. The van der Waals surface area contributed by atoms with Gasteiger partial charge in [0.25, 0.3) is 0 Å². The minimum atomic E-state index is -0.104. The van der Waals surface area contributed by atoms with Gasteiger partial charge < -0.3 is 0 Å². The number of rotatable bonds is 3. The fourth-order valence-electron chi connectivity index (χ4n) is 5.76. The molecule has 1 aromatic carbocycles. The van der Waals surface area contributed by atoms with E-state index >= 15 is 0 Å². The molecular weight excluding hydrogens is 437 g/mol. The Morgan fingerprint density at radius 1 is 1.03 bits per heavy atom. The Balaban J connectivity index is 1.53. The SMILES string of the molecule is N#Cc1c(N=C(c2ccc(Cl)c(Cl)c2)C23CN4CN(CN(C4)C2)C3)sc2c1CCC2. The van der Waals surface area contributed by atoms with Crippen molar-refractivity contribution in [1.82, 2.24) is 14.7 Å². The first-order chi connectivity index (χ1) is 14.5. The van der Waals surface area contributed by atoms with Crippen molar-refractivity contribution in [2.75, 3.05) is 39.6 Å². The van der Waals surface area contributed by atoms with E-state index in [1.807, 2.05) is 18.2 Å². The molecule has 5 aliphatic rings. The molecule has 1 aliphatic carbocycles. The van der Waals surface area contributed by atoms with E-state index in [1.165, 1.54) is 10.4 Å². The van der Waals surface area contributed by atoms with Gasteiger partial charge in [-0.25, -0.2) is 4.99 Å². The first kappa shape index (κ1) is 19.2. The second-order valence-electron chi connectivity index (χ2n) is 8.93. The number of thiophene rings is 1. The molecular formula is C22H21Cl2N5S. The van der Waals surface area contributed by atoms with Crippen LogP contribution in [-0.2, 0) is 12.8 Å². The van der Waals surface area contributed by atoms with Crippen LogP contribution in [0.5, 0.6) is 0 Å². The lowest BCUT2D eigenvalue weighted by Gasteiger charge is -2.60. The summed E-state index contributed by atoms with van der Waals surface area (Å²) in [7, 11) is 0. The highest BCUT2D eigenvalue weighted by Crippen LogP contribution is 2.44. The molecule has 5 nitrogen and oxygen atoms in total. The topological polar surface area (TPSA) is 45.9 Å². The van der Waals surface area contributed by atoms with Crippen molar-refractivity contribution in [2.45, 2.75) is 19.3 Å². The summed E-state index contributed by atoms with van der Waals surface area (Å²) >= 11 is 14.3. The van der Waals surface area contributed by atoms with Crippen LogP contribution in [0.2, 0.25) is 10.0 Å². The largest absolute Gasteiger partial charge is 0.276 e. The summed E-state index contributed by atoms with van der Waals surface area (Å²) in [5.41, 5.74) is 3.93. The van der Waals surface area contributed by atoms with E-state index in [-0.39, 0.29) is 5.41 Å². The van der Waals surface area contributed by atoms with Crippen LogP contribution in [0.25, 0.3) is 0 Å². The van der Waals surface area contributed by atoms with E-state index < -0.39 is 0 Å². The van der Waals surface area contributed by atoms with Gasteiger partial charge in [-0.2, -0.15) is 5.26 Å². The van der Waals surface area contributed by atoms with Crippen LogP contribution >= 0.6 is 34.5 Å². The van der Waals surface area contributed by atoms with Gasteiger partial charge >= 0.3 is 0 Å². The quantitative estimate of drug-likeness (QED) is 0.642. The molecule has 4 fully saturated rings. The van der Waals surface area contributed by atoms with Crippen molar-refractivity contribution < 1.29 is 0 Å². The van der Waals surface area contributed by atoms with Gasteiger partial charge in [0.1, 0.15) is 11.1 Å². The van der Waals surface area contributed by atoms with Crippen LogP contribution in [0.15, 0.2) is 23.2 Å². The second kappa shape index (κ2) is 7.03. The maximum Gasteiger partial charge on any atom is 0.134 e. The van der Waals surface area contributed by atoms with E-state index in [0.29, 0.717) is 10.0 Å². The third-order valence-electron chi connectivity index (χ3n) is 6.70. The number of nitriles is 1. The molecule has 0 saturated carbocycles. The summed E-state index contributed by atoms with van der Waals surface area (Å²) in [6, 6.07) is 8.27. The van der Waals surface area contributed by atoms with E-state index in [1.54, 1.807) is 11.3 Å². The van der Waals surface area contributed by atoms with Crippen molar-refractivity contribution >= 4 is 45.3 Å². The third kappa shape index (κ3) is 2.96. The van der Waals surface area contributed by atoms with Crippen LogP contribution in [0, 0.1) is 16.7 Å². The number of hydrogen-bond acceptors (Lipinski definition) is 6. The van der Waals surface area contributed by atoms with E-state index in [0.717, 1.165) is 80.7 Å². The van der Waals surface area contributed by atoms with Crippen molar-refractivity contribution in [3.8, 4) is 6.07 Å². The molecule has 4 saturated heterocycles. The number of nitrogens with zero attached hydrogens (tertiary/aromatic N) is 5. The smallest absolute Gasteiger partial charge is 0.134 e. The molecule has 4 aliphatic heterocycles. The lowest BCUT2D eigenvalue weighted by atomic mass is 9.74. The maximum atomic E-state index is 9.89. The Hall–Kier alpha value is -1.46. The summed E-state index contributed by atoms with van der Waals surface area (Å²) in [5.74, 6) is 0. The molecule has 0 unspecified atom stereocenters. The summed E-state index contributed by atoms with van der Waals surface area (Å²) in [6.07, 6.45) is 3.20. The predicted octanol–water partition coefficient (Wildman–Crippen LogP) is 4.34. The molecule has 0 spiro atoms. The van der Waals surface area contributed by atoms with Crippen molar-refractivity contribution in [3.63, 3.8) is 0 Å². The highest BCUT2D eigenvalue weighted by atomic mass is 35.5. The number of halogens is 2. The molecule has 1 aromatic heterocycles. The Labute approximate surface area is 190 Å². The molecule has 154 valence electrons. The van der Waals surface area contributed by atoms with Gasteiger partial charge in [0, 0.05) is 24.5 Å². The molecule has 30 heavy (non-hydrogen) atoms. The van der Waals surface area contributed by atoms with Crippen molar-refractivity contribution in [3.05, 3.63) is 49.8 Å². The average molecular weight is 458 g/mol. The molecule has 0 amide bonds. The lowest BCUT2D eigenvalue weighted by molar-refractivity contribution is -0.149. The second-order valence-corrected chi connectivity index (χ2v) is 10.8. The summed E-state index contributed by atoms with van der Waals surface area (Å²) < 4.78 is 0. The van der Waals surface area contributed by atoms with Crippen molar-refractivity contribution in [2.24, 2.45) is 10.4 Å². The summed E-state index contributed by atoms with van der Waals surface area (Å²) in [5, 5.41) is 11.8. The van der Waals surface area contributed by atoms with Gasteiger partial charge in [-0.05, 0) is 42.5 Å². The normalized spacial score (nSPS) is 31.8. The van der Waals surface area contributed by atoms with Crippen LogP contribution < -0.4 is 0 Å². The third-order valence-corrected chi connectivity index (χ3v) is 8.63. The van der Waals surface area contributed by atoms with Gasteiger partial charge in [-0.3, -0.25) is 14.7 Å². The van der Waals surface area contributed by atoms with Crippen LogP contribution in [0.4, 0.5) is 5.00 Å². The Morgan fingerprint density at radius 3 is 2.37 bits per heavy atom. The average Bonchev–Trinajstić information content (AvgIpc) is 3.28. The molecule has 8 heteroatoms. The molecule has 5 heterocycles. The van der Waals surface area contributed by atoms with E-state index in [2.05, 4.69) is 20.8 Å². The molecule has 0 atom stereocenters. The molecule has 7 rings (SSSR count). The van der Waals surface area contributed by atoms with E-state index in [4.69, 9.17) is 28.2 Å². The zero-order chi connectivity index (χ0) is 20.5. The summed E-state index contributed by atoms with van der Waals surface area (Å²) in [6.45, 7) is 5.99. The predicted molar refractivity (Wildman–Crippen MR) is 121 cm³/mol. The zero-order valence-electron chi connectivity index (χ0n) is 16.5. The first-order valence-electron chi connectivity index (χ1n) is 10.3. The van der Waals surface area contributed by atoms with Gasteiger partial charge in [0.05, 0.1) is 46.7 Å². The van der Waals surface area contributed by atoms with Crippen molar-refractivity contribution in [1.29, 1.82) is 5.26 Å². The van der Waals surface area contributed by atoms with E-state index in [9.17, 15) is 5.26 Å². The Morgan fingerprint density at radius 2 is 1.73 bits per heavy atom. The van der Waals surface area contributed by atoms with Gasteiger partial charge in [0.2, 0.25) is 0 Å². The molecule has 2 aromatic rings. The fraction of sp³-hybridized carbons (Fsp3) is 0.455. The molecule has 0 radical (unpaired) electrons. The number of fused-ring (bicyclic) bond motifs is 1. The highest BCUT2D eigenvalue weighted by molar-refractivity contribution is 7.16. The van der Waals surface area contributed by atoms with Crippen LogP contribution in [-0.4, -0.2) is 60.1 Å². The fourth-order valence-corrected chi connectivity index (χ4v) is 7.27. The minimum Gasteiger partial charge on any atom is -0.276 e. The lowest BCUT2D eigenvalue weighted by Crippen LogP contribution is -2.74. The van der Waals surface area contributed by atoms with Gasteiger partial charge in [-0.1, -0.05) is 29.3 Å². The summed E-state index contributed by atoms with van der Waals surface area (Å²) in [4.78, 5) is 14.1. The number of aliphatic imine (C=N–C) groups is 1. The number of benzene rings is 1. The Kier molecular flexibility index (Phi) is 4.51. The van der Waals surface area contributed by atoms with Crippen LogP contribution in [0.3, 0.4) is 0 Å². The number of hydrogen-bond donors (Lipinski definition) is 0. The standard InChI is InChI=1S/C22H21Cl2N5S/c23-17-5-4-14(6-18(17)24)20(22-8-27-11-28(9-22)13-29(10-22)12-27)26-21-16(7-25)15-2-1-3-19(15)30-21/h4-6H,1-3,8-13H2.